The number of amides is 2. The normalized spacial score (nSPS) is 27.9. The average molecular weight is 622 g/mol. The first-order valence-corrected chi connectivity index (χ1v) is 15.4. The first-order chi connectivity index (χ1) is 21.5. The van der Waals surface area contributed by atoms with Crippen molar-refractivity contribution in [3.05, 3.63) is 72.1 Å². The third kappa shape index (κ3) is 9.62. The zero-order chi connectivity index (χ0) is 32.5. The van der Waals surface area contributed by atoms with E-state index >= 15 is 0 Å². The number of hydrogen-bond acceptors (Lipinski definition) is 9. The largest absolute Gasteiger partial charge is 0.495 e. The van der Waals surface area contributed by atoms with Crippen LogP contribution in [0.15, 0.2) is 60.8 Å². The van der Waals surface area contributed by atoms with Crippen LogP contribution in [0.5, 0.6) is 5.75 Å². The van der Waals surface area contributed by atoms with Crippen LogP contribution in [0.1, 0.15) is 57.9 Å². The van der Waals surface area contributed by atoms with Crippen molar-refractivity contribution < 1.29 is 38.1 Å². The smallest absolute Gasteiger partial charge is 0.347 e. The SMILES string of the molecule is COc1ccc(C[C@H]2NC(=O)/C=C/C[C@@H]([C@H](C)[C@H]3O[C@@H]3c3ccccc3)OC(=O)[C@H](CC(C)C)OC(=O)[C@H](C)CNC2=O)nc1. The Bertz CT molecular complexity index is 1350. The molecule has 0 aliphatic carbocycles. The molecule has 2 aliphatic heterocycles. The molecule has 242 valence electrons. The molecule has 2 N–H and O–H groups in total. The number of nitrogens with zero attached hydrogens (tertiary/aromatic N) is 1. The van der Waals surface area contributed by atoms with Crippen LogP contribution < -0.4 is 15.4 Å². The summed E-state index contributed by atoms with van der Waals surface area (Å²) in [4.78, 5) is 57.1. The fourth-order valence-electron chi connectivity index (χ4n) is 5.18. The molecule has 2 aromatic rings. The molecule has 0 bridgehead atoms. The number of methoxy groups -OCH3 is 1. The highest BCUT2D eigenvalue weighted by Gasteiger charge is 2.47. The van der Waals surface area contributed by atoms with Crippen LogP contribution in [0, 0.1) is 17.8 Å². The lowest BCUT2D eigenvalue weighted by Gasteiger charge is -2.27. The van der Waals surface area contributed by atoms with Gasteiger partial charge in [-0.25, -0.2) is 4.79 Å². The van der Waals surface area contributed by atoms with E-state index in [1.54, 1.807) is 25.1 Å². The minimum absolute atomic E-state index is 0.0389. The summed E-state index contributed by atoms with van der Waals surface area (Å²) in [5.41, 5.74) is 1.59. The van der Waals surface area contributed by atoms with Crippen molar-refractivity contribution in [1.29, 1.82) is 0 Å². The van der Waals surface area contributed by atoms with Gasteiger partial charge in [0.25, 0.3) is 0 Å². The first-order valence-electron chi connectivity index (χ1n) is 15.4. The number of esters is 2. The number of hydrogen-bond donors (Lipinski definition) is 2. The molecule has 1 fully saturated rings. The van der Waals surface area contributed by atoms with Gasteiger partial charge in [-0.2, -0.15) is 0 Å². The van der Waals surface area contributed by atoms with Gasteiger partial charge < -0.3 is 29.6 Å². The summed E-state index contributed by atoms with van der Waals surface area (Å²) in [6.45, 7) is 7.32. The van der Waals surface area contributed by atoms with Gasteiger partial charge in [0.1, 0.15) is 24.0 Å². The first kappa shape index (κ1) is 33.6. The molecule has 2 aliphatic rings. The number of epoxide rings is 1. The van der Waals surface area contributed by atoms with Crippen molar-refractivity contribution in [2.75, 3.05) is 13.7 Å². The summed E-state index contributed by atoms with van der Waals surface area (Å²) in [5, 5.41) is 5.46. The zero-order valence-corrected chi connectivity index (χ0v) is 26.4. The molecule has 3 heterocycles. The van der Waals surface area contributed by atoms with Gasteiger partial charge in [-0.1, -0.05) is 64.1 Å². The molecule has 0 unspecified atom stereocenters. The van der Waals surface area contributed by atoms with Gasteiger partial charge in [0.15, 0.2) is 6.10 Å². The Balaban J connectivity index is 1.57. The predicted octanol–water partition coefficient (Wildman–Crippen LogP) is 3.48. The standard InChI is InChI=1S/C34H43N3O8/c1-20(2)16-28-34(41)43-27(22(4)30-31(45-30)23-10-7-6-8-11-23)12-9-13-29(38)37-26(17-24-14-15-25(42-5)19-35-24)32(39)36-18-21(3)33(40)44-28/h6-11,13-15,19-22,26-28,30-31H,12,16-18H2,1-5H3,(H,36,39)(H,37,38)/b13-9+/t21-,22+,26-,27+,28+,30-,31-/m1/s1. The second-order valence-corrected chi connectivity index (χ2v) is 12.1. The maximum absolute atomic E-state index is 13.5. The molecule has 0 radical (unpaired) electrons. The lowest BCUT2D eigenvalue weighted by atomic mass is 9.93. The maximum atomic E-state index is 13.5. The molecule has 11 heteroatoms. The van der Waals surface area contributed by atoms with Gasteiger partial charge in [0.05, 0.1) is 25.3 Å². The monoisotopic (exact) mass is 621 g/mol. The Morgan fingerprint density at radius 1 is 1.00 bits per heavy atom. The van der Waals surface area contributed by atoms with Crippen LogP contribution in [0.2, 0.25) is 0 Å². The van der Waals surface area contributed by atoms with Crippen molar-refractivity contribution in [2.45, 2.75) is 77.4 Å². The van der Waals surface area contributed by atoms with E-state index in [1.165, 1.54) is 19.4 Å². The van der Waals surface area contributed by atoms with Crippen molar-refractivity contribution in [2.24, 2.45) is 17.8 Å². The number of cyclic esters (lactones) is 2. The number of rotatable bonds is 8. The second kappa shape index (κ2) is 15.7. The number of nitrogens with one attached hydrogen (secondary N) is 2. The summed E-state index contributed by atoms with van der Waals surface area (Å²) in [6, 6.07) is 12.3. The molecule has 1 aromatic carbocycles. The lowest BCUT2D eigenvalue weighted by molar-refractivity contribution is -0.176. The summed E-state index contributed by atoms with van der Waals surface area (Å²) >= 11 is 0. The van der Waals surface area contributed by atoms with Crippen LogP contribution in [0.4, 0.5) is 0 Å². The molecule has 2 amide bonds. The predicted molar refractivity (Wildman–Crippen MR) is 165 cm³/mol. The Morgan fingerprint density at radius 3 is 2.42 bits per heavy atom. The Labute approximate surface area is 264 Å². The number of aromatic nitrogens is 1. The summed E-state index contributed by atoms with van der Waals surface area (Å²) in [7, 11) is 1.53. The summed E-state index contributed by atoms with van der Waals surface area (Å²) in [6.07, 6.45) is 2.94. The Kier molecular flexibility index (Phi) is 11.7. The fourth-order valence-corrected chi connectivity index (χ4v) is 5.18. The van der Waals surface area contributed by atoms with E-state index in [-0.39, 0.29) is 49.9 Å². The molecule has 45 heavy (non-hydrogen) atoms. The molecule has 0 spiro atoms. The minimum Gasteiger partial charge on any atom is -0.495 e. The highest BCUT2D eigenvalue weighted by atomic mass is 16.6. The van der Waals surface area contributed by atoms with Crippen LogP contribution in [0.25, 0.3) is 0 Å². The number of carbonyl (C=O) groups is 4. The Hall–Kier alpha value is -4.25. The van der Waals surface area contributed by atoms with Crippen LogP contribution in [-0.2, 0) is 39.8 Å². The Morgan fingerprint density at radius 2 is 1.76 bits per heavy atom. The van der Waals surface area contributed by atoms with Crippen LogP contribution in [0.3, 0.4) is 0 Å². The molecule has 1 saturated heterocycles. The third-order valence-corrected chi connectivity index (χ3v) is 7.93. The van der Waals surface area contributed by atoms with Crippen LogP contribution >= 0.6 is 0 Å². The van der Waals surface area contributed by atoms with E-state index in [1.807, 2.05) is 51.1 Å². The lowest BCUT2D eigenvalue weighted by Crippen LogP contribution is -2.49. The van der Waals surface area contributed by atoms with E-state index in [2.05, 4.69) is 15.6 Å². The molecule has 0 saturated carbocycles. The van der Waals surface area contributed by atoms with E-state index in [4.69, 9.17) is 18.9 Å². The maximum Gasteiger partial charge on any atom is 0.347 e. The topological polar surface area (TPSA) is 145 Å². The molecule has 1 aromatic heterocycles. The zero-order valence-electron chi connectivity index (χ0n) is 26.4. The van der Waals surface area contributed by atoms with Crippen LogP contribution in [-0.4, -0.2) is 66.7 Å². The van der Waals surface area contributed by atoms with E-state index in [0.717, 1.165) is 5.56 Å². The van der Waals surface area contributed by atoms with Gasteiger partial charge >= 0.3 is 11.9 Å². The number of pyridine rings is 1. The van der Waals surface area contributed by atoms with Gasteiger partial charge in [0, 0.05) is 31.0 Å². The molecule has 7 atom stereocenters. The van der Waals surface area contributed by atoms with Crippen molar-refractivity contribution in [3.8, 4) is 5.75 Å². The molecular weight excluding hydrogens is 578 g/mol. The number of carbonyl (C=O) groups excluding carboxylic acids is 4. The van der Waals surface area contributed by atoms with E-state index in [9.17, 15) is 19.2 Å². The molecule has 4 rings (SSSR count). The minimum atomic E-state index is -1.12. The molecule has 11 nitrogen and oxygen atoms in total. The van der Waals surface area contributed by atoms with E-state index in [0.29, 0.717) is 11.4 Å². The molecular formula is C34H43N3O8. The number of benzene rings is 1. The highest BCUT2D eigenvalue weighted by Crippen LogP contribution is 2.45. The number of ether oxygens (including phenoxy) is 4. The van der Waals surface area contributed by atoms with Gasteiger partial charge in [-0.15, -0.1) is 0 Å². The van der Waals surface area contributed by atoms with Gasteiger partial charge in [-0.05, 0) is 36.1 Å². The quantitative estimate of drug-likeness (QED) is 0.334. The second-order valence-electron chi connectivity index (χ2n) is 12.1. The summed E-state index contributed by atoms with van der Waals surface area (Å²) in [5.74, 6) is -2.67. The van der Waals surface area contributed by atoms with Gasteiger partial charge in [-0.3, -0.25) is 19.4 Å². The third-order valence-electron chi connectivity index (χ3n) is 7.93. The summed E-state index contributed by atoms with van der Waals surface area (Å²) < 4.78 is 22.8. The van der Waals surface area contributed by atoms with E-state index < -0.39 is 47.9 Å². The van der Waals surface area contributed by atoms with Crippen molar-refractivity contribution in [1.82, 2.24) is 15.6 Å². The van der Waals surface area contributed by atoms with Crippen molar-refractivity contribution in [3.63, 3.8) is 0 Å². The van der Waals surface area contributed by atoms with Crippen molar-refractivity contribution >= 4 is 23.8 Å². The average Bonchev–Trinajstić information content (AvgIpc) is 3.83. The van der Waals surface area contributed by atoms with Gasteiger partial charge in [0.2, 0.25) is 11.8 Å². The fraction of sp³-hybridized carbons (Fsp3) is 0.500. The highest BCUT2D eigenvalue weighted by molar-refractivity contribution is 5.93.